The first kappa shape index (κ1) is 16.6. The number of nitrogens with two attached hydrogens (primary N) is 1. The summed E-state index contributed by atoms with van der Waals surface area (Å²) < 4.78 is 1.60. The van der Waals surface area contributed by atoms with Crippen LogP contribution in [0, 0.1) is 20.8 Å². The standard InChI is InChI=1S/C17H24N6O/c1-11-8-12(2)20-17(19-11)23-15(9-13(3)22-23)21-16(24)10-18-14-6-4-5-7-14/h8-9,14,18H,4-7,10H2,1-3H3,(H,21,24)/p+1. The average molecular weight is 329 g/mol. The van der Waals surface area contributed by atoms with E-state index in [1.807, 2.05) is 32.9 Å². The van der Waals surface area contributed by atoms with Crippen LogP contribution in [0.3, 0.4) is 0 Å². The van der Waals surface area contributed by atoms with Gasteiger partial charge in [-0.25, -0.2) is 9.97 Å². The maximum absolute atomic E-state index is 12.3. The summed E-state index contributed by atoms with van der Waals surface area (Å²) in [6, 6.07) is 4.34. The summed E-state index contributed by atoms with van der Waals surface area (Å²) in [4.78, 5) is 21.1. The SMILES string of the molecule is Cc1cc(C)nc(-n2nc(C)cc2NC(=O)C[NH2+]C2CCCC2)n1. The molecule has 3 rings (SSSR count). The summed E-state index contributed by atoms with van der Waals surface area (Å²) in [5, 5.41) is 9.51. The van der Waals surface area contributed by atoms with Crippen molar-refractivity contribution in [3.8, 4) is 5.95 Å². The quantitative estimate of drug-likeness (QED) is 0.857. The number of quaternary nitrogens is 1. The van der Waals surface area contributed by atoms with Crippen molar-refractivity contribution in [3.63, 3.8) is 0 Å². The monoisotopic (exact) mass is 329 g/mol. The fourth-order valence-corrected chi connectivity index (χ4v) is 3.20. The van der Waals surface area contributed by atoms with E-state index in [4.69, 9.17) is 0 Å². The predicted molar refractivity (Wildman–Crippen MR) is 91.0 cm³/mol. The molecule has 1 fully saturated rings. The lowest BCUT2D eigenvalue weighted by Crippen LogP contribution is -2.91. The van der Waals surface area contributed by atoms with Gasteiger partial charge in [-0.1, -0.05) is 0 Å². The predicted octanol–water partition coefficient (Wildman–Crippen LogP) is 1.03. The zero-order valence-electron chi connectivity index (χ0n) is 14.5. The average Bonchev–Trinajstić information content (AvgIpc) is 3.14. The number of aryl methyl sites for hydroxylation is 3. The first-order valence-electron chi connectivity index (χ1n) is 8.54. The van der Waals surface area contributed by atoms with Crippen LogP contribution in [0.4, 0.5) is 5.82 Å². The minimum atomic E-state index is -0.0209. The number of nitrogens with one attached hydrogen (secondary N) is 1. The van der Waals surface area contributed by atoms with Gasteiger partial charge in [0.1, 0.15) is 5.82 Å². The Morgan fingerprint density at radius 3 is 2.50 bits per heavy atom. The lowest BCUT2D eigenvalue weighted by molar-refractivity contribution is -0.677. The summed E-state index contributed by atoms with van der Waals surface area (Å²) in [6.45, 7) is 6.16. The number of anilines is 1. The van der Waals surface area contributed by atoms with Crippen molar-refractivity contribution in [1.82, 2.24) is 19.7 Å². The number of aromatic nitrogens is 4. The molecule has 128 valence electrons. The van der Waals surface area contributed by atoms with Crippen LogP contribution in [0.15, 0.2) is 12.1 Å². The smallest absolute Gasteiger partial charge is 0.280 e. The molecule has 0 saturated heterocycles. The number of hydrogen-bond donors (Lipinski definition) is 2. The Bertz CT molecular complexity index is 712. The molecular formula is C17H25N6O+. The first-order chi connectivity index (χ1) is 11.5. The van der Waals surface area contributed by atoms with E-state index in [-0.39, 0.29) is 5.91 Å². The lowest BCUT2D eigenvalue weighted by Gasteiger charge is -2.10. The van der Waals surface area contributed by atoms with E-state index in [1.54, 1.807) is 4.68 Å². The highest BCUT2D eigenvalue weighted by molar-refractivity contribution is 5.90. The third kappa shape index (κ3) is 3.97. The van der Waals surface area contributed by atoms with Gasteiger partial charge in [0.25, 0.3) is 11.9 Å². The molecule has 0 aromatic carbocycles. The van der Waals surface area contributed by atoms with Crippen molar-refractivity contribution in [1.29, 1.82) is 0 Å². The van der Waals surface area contributed by atoms with E-state index < -0.39 is 0 Å². The number of rotatable bonds is 5. The molecule has 7 heteroatoms. The zero-order valence-corrected chi connectivity index (χ0v) is 14.5. The molecule has 2 aromatic rings. The van der Waals surface area contributed by atoms with Crippen molar-refractivity contribution in [3.05, 3.63) is 29.2 Å². The van der Waals surface area contributed by atoms with Crippen molar-refractivity contribution in [2.45, 2.75) is 52.5 Å². The molecule has 1 saturated carbocycles. The summed E-state index contributed by atoms with van der Waals surface area (Å²) in [5.74, 6) is 1.07. The second-order valence-corrected chi connectivity index (χ2v) is 6.57. The molecule has 0 bridgehead atoms. The Labute approximate surface area is 141 Å². The van der Waals surface area contributed by atoms with Gasteiger partial charge in [-0.15, -0.1) is 0 Å². The summed E-state index contributed by atoms with van der Waals surface area (Å²) in [6.07, 6.45) is 4.97. The Balaban J connectivity index is 1.72. The lowest BCUT2D eigenvalue weighted by atomic mass is 10.2. The topological polar surface area (TPSA) is 89.3 Å². The van der Waals surface area contributed by atoms with E-state index in [0.717, 1.165) is 17.1 Å². The molecule has 2 aromatic heterocycles. The number of carbonyl (C=O) groups is 1. The fraction of sp³-hybridized carbons (Fsp3) is 0.529. The van der Waals surface area contributed by atoms with Gasteiger partial charge in [0.05, 0.1) is 11.7 Å². The van der Waals surface area contributed by atoms with Gasteiger partial charge in [0, 0.05) is 17.5 Å². The molecular weight excluding hydrogens is 304 g/mol. The van der Waals surface area contributed by atoms with Crippen molar-refractivity contribution >= 4 is 11.7 Å². The number of hydrogen-bond acceptors (Lipinski definition) is 4. The Morgan fingerprint density at radius 1 is 1.17 bits per heavy atom. The van der Waals surface area contributed by atoms with Crippen LogP contribution in [0.2, 0.25) is 0 Å². The Morgan fingerprint density at radius 2 is 1.83 bits per heavy atom. The van der Waals surface area contributed by atoms with Crippen LogP contribution in [0.5, 0.6) is 0 Å². The third-order valence-corrected chi connectivity index (χ3v) is 4.30. The number of nitrogens with zero attached hydrogens (tertiary/aromatic N) is 4. The number of amides is 1. The maximum atomic E-state index is 12.3. The van der Waals surface area contributed by atoms with Gasteiger partial charge in [-0.05, 0) is 52.5 Å². The molecule has 1 aliphatic carbocycles. The molecule has 1 aliphatic rings. The highest BCUT2D eigenvalue weighted by Gasteiger charge is 2.20. The van der Waals surface area contributed by atoms with Crippen LogP contribution in [-0.2, 0) is 4.79 Å². The largest absolute Gasteiger partial charge is 0.336 e. The van der Waals surface area contributed by atoms with E-state index in [2.05, 4.69) is 25.7 Å². The molecule has 7 nitrogen and oxygen atoms in total. The summed E-state index contributed by atoms with van der Waals surface area (Å²) >= 11 is 0. The minimum absolute atomic E-state index is 0.0209. The molecule has 24 heavy (non-hydrogen) atoms. The van der Waals surface area contributed by atoms with Gasteiger partial charge in [-0.3, -0.25) is 4.79 Å². The normalized spacial score (nSPS) is 15.0. The second-order valence-electron chi connectivity index (χ2n) is 6.57. The first-order valence-corrected chi connectivity index (χ1v) is 8.54. The van der Waals surface area contributed by atoms with Gasteiger partial charge in [0.15, 0.2) is 6.54 Å². The molecule has 0 spiro atoms. The second kappa shape index (κ2) is 7.09. The maximum Gasteiger partial charge on any atom is 0.280 e. The van der Waals surface area contributed by atoms with E-state index in [1.165, 1.54) is 25.7 Å². The van der Waals surface area contributed by atoms with E-state index in [0.29, 0.717) is 24.4 Å². The van der Waals surface area contributed by atoms with Crippen LogP contribution in [-0.4, -0.2) is 38.2 Å². The van der Waals surface area contributed by atoms with Crippen molar-refractivity contribution < 1.29 is 10.1 Å². The van der Waals surface area contributed by atoms with Crippen LogP contribution < -0.4 is 10.6 Å². The van der Waals surface area contributed by atoms with Gasteiger partial charge in [-0.2, -0.15) is 9.78 Å². The third-order valence-electron chi connectivity index (χ3n) is 4.30. The molecule has 0 radical (unpaired) electrons. The molecule has 3 N–H and O–H groups in total. The van der Waals surface area contributed by atoms with Gasteiger partial charge in [0.2, 0.25) is 0 Å². The van der Waals surface area contributed by atoms with Crippen molar-refractivity contribution in [2.75, 3.05) is 11.9 Å². The Kier molecular flexibility index (Phi) is 4.89. The van der Waals surface area contributed by atoms with Crippen LogP contribution in [0.1, 0.15) is 42.8 Å². The van der Waals surface area contributed by atoms with E-state index in [9.17, 15) is 4.79 Å². The summed E-state index contributed by atoms with van der Waals surface area (Å²) in [7, 11) is 0. The van der Waals surface area contributed by atoms with Gasteiger partial charge >= 0.3 is 0 Å². The van der Waals surface area contributed by atoms with Gasteiger partial charge < -0.3 is 10.6 Å². The molecule has 2 heterocycles. The minimum Gasteiger partial charge on any atom is -0.336 e. The Hall–Kier alpha value is -2.28. The van der Waals surface area contributed by atoms with E-state index >= 15 is 0 Å². The highest BCUT2D eigenvalue weighted by Crippen LogP contribution is 2.16. The highest BCUT2D eigenvalue weighted by atomic mass is 16.2. The zero-order chi connectivity index (χ0) is 17.1. The molecule has 1 amide bonds. The molecule has 0 unspecified atom stereocenters. The van der Waals surface area contributed by atoms with Crippen molar-refractivity contribution in [2.24, 2.45) is 0 Å². The molecule has 0 atom stereocenters. The van der Waals surface area contributed by atoms with Crippen LogP contribution >= 0.6 is 0 Å². The van der Waals surface area contributed by atoms with Crippen LogP contribution in [0.25, 0.3) is 5.95 Å². The summed E-state index contributed by atoms with van der Waals surface area (Å²) in [5.41, 5.74) is 2.56. The fourth-order valence-electron chi connectivity index (χ4n) is 3.20. The number of carbonyl (C=O) groups excluding carboxylic acids is 1. The molecule has 0 aliphatic heterocycles.